The Kier molecular flexibility index (Phi) is 6.54. The average Bonchev–Trinajstić information content (AvgIpc) is 2.75. The molecule has 30 heavy (non-hydrogen) atoms. The van der Waals surface area contributed by atoms with Crippen LogP contribution in [0.1, 0.15) is 21.5 Å². The minimum atomic E-state index is -3.63. The van der Waals surface area contributed by atoms with E-state index in [1.54, 1.807) is 36.4 Å². The van der Waals surface area contributed by atoms with E-state index < -0.39 is 10.0 Å². The molecule has 0 saturated heterocycles. The van der Waals surface area contributed by atoms with Gasteiger partial charge in [-0.25, -0.2) is 8.42 Å². The molecule has 0 aliphatic carbocycles. The summed E-state index contributed by atoms with van der Waals surface area (Å²) >= 11 is 0. The van der Waals surface area contributed by atoms with E-state index in [4.69, 9.17) is 4.74 Å². The molecule has 0 heterocycles. The Morgan fingerprint density at radius 2 is 1.53 bits per heavy atom. The van der Waals surface area contributed by atoms with Crippen LogP contribution in [0.15, 0.2) is 77.7 Å². The van der Waals surface area contributed by atoms with Gasteiger partial charge < -0.3 is 10.1 Å². The Morgan fingerprint density at radius 3 is 2.10 bits per heavy atom. The first-order valence-electron chi connectivity index (χ1n) is 9.37. The van der Waals surface area contributed by atoms with Crippen molar-refractivity contribution in [2.75, 3.05) is 19.5 Å². The molecular formula is C23H24N2O4S. The number of ether oxygens (including phenoxy) is 1. The second kappa shape index (κ2) is 9.11. The Labute approximate surface area is 177 Å². The summed E-state index contributed by atoms with van der Waals surface area (Å²) in [6, 6.07) is 20.7. The summed E-state index contributed by atoms with van der Waals surface area (Å²) in [6.45, 7) is 2.17. The summed E-state index contributed by atoms with van der Waals surface area (Å²) < 4.78 is 31.9. The first-order valence-corrected chi connectivity index (χ1v) is 10.8. The molecule has 0 radical (unpaired) electrons. The monoisotopic (exact) mass is 424 g/mol. The summed E-state index contributed by atoms with van der Waals surface area (Å²) in [5, 5.41) is 2.85. The number of nitrogens with zero attached hydrogens (tertiary/aromatic N) is 1. The second-order valence-electron chi connectivity index (χ2n) is 6.95. The Morgan fingerprint density at radius 1 is 0.933 bits per heavy atom. The minimum absolute atomic E-state index is 0.189. The van der Waals surface area contributed by atoms with Crippen molar-refractivity contribution >= 4 is 21.6 Å². The van der Waals surface area contributed by atoms with Crippen molar-refractivity contribution in [3.8, 4) is 5.75 Å². The quantitative estimate of drug-likeness (QED) is 0.620. The van der Waals surface area contributed by atoms with Gasteiger partial charge in [0.05, 0.1) is 12.0 Å². The van der Waals surface area contributed by atoms with E-state index in [1.165, 1.54) is 30.6 Å². The van der Waals surface area contributed by atoms with Crippen LogP contribution in [-0.4, -0.2) is 32.8 Å². The number of hydrogen-bond acceptors (Lipinski definition) is 4. The number of anilines is 1. The van der Waals surface area contributed by atoms with Gasteiger partial charge in [0.15, 0.2) is 0 Å². The lowest BCUT2D eigenvalue weighted by Crippen LogP contribution is -2.26. The molecule has 0 unspecified atom stereocenters. The number of nitrogens with one attached hydrogen (secondary N) is 1. The maximum atomic E-state index is 12.8. The zero-order valence-electron chi connectivity index (χ0n) is 17.1. The van der Waals surface area contributed by atoms with Crippen LogP contribution in [0.5, 0.6) is 5.75 Å². The smallest absolute Gasteiger partial charge is 0.255 e. The van der Waals surface area contributed by atoms with Crippen LogP contribution >= 0.6 is 0 Å². The zero-order valence-corrected chi connectivity index (χ0v) is 17.9. The third-order valence-corrected chi connectivity index (χ3v) is 6.52. The largest absolute Gasteiger partial charge is 0.497 e. The molecule has 0 spiro atoms. The van der Waals surface area contributed by atoms with Crippen LogP contribution in [0.25, 0.3) is 0 Å². The van der Waals surface area contributed by atoms with E-state index in [1.807, 2.05) is 31.2 Å². The number of rotatable bonds is 7. The summed E-state index contributed by atoms with van der Waals surface area (Å²) in [5.41, 5.74) is 3.12. The summed E-state index contributed by atoms with van der Waals surface area (Å²) in [7, 11) is -0.581. The lowest BCUT2D eigenvalue weighted by atomic mass is 10.1. The van der Waals surface area contributed by atoms with E-state index in [0.29, 0.717) is 11.3 Å². The van der Waals surface area contributed by atoms with Crippen molar-refractivity contribution in [2.45, 2.75) is 18.4 Å². The lowest BCUT2D eigenvalue weighted by molar-refractivity contribution is 0.102. The van der Waals surface area contributed by atoms with E-state index in [9.17, 15) is 13.2 Å². The topological polar surface area (TPSA) is 75.7 Å². The molecule has 6 nitrogen and oxygen atoms in total. The highest BCUT2D eigenvalue weighted by atomic mass is 32.2. The molecule has 3 aromatic rings. The van der Waals surface area contributed by atoms with Gasteiger partial charge in [0.25, 0.3) is 5.91 Å². The maximum Gasteiger partial charge on any atom is 0.255 e. The van der Waals surface area contributed by atoms with Crippen LogP contribution < -0.4 is 10.1 Å². The predicted molar refractivity (Wildman–Crippen MR) is 117 cm³/mol. The standard InChI is InChI=1S/C23H24N2O4S/c1-17-4-10-20(11-5-17)24-23(26)19-8-6-18(7-9-19)16-25(2)30(27,28)22-14-12-21(29-3)13-15-22/h4-15H,16H2,1-3H3,(H,24,26). The van der Waals surface area contributed by atoms with E-state index in [0.717, 1.165) is 16.8 Å². The third kappa shape index (κ3) is 5.06. The highest BCUT2D eigenvalue weighted by molar-refractivity contribution is 7.89. The molecular weight excluding hydrogens is 400 g/mol. The molecule has 0 bridgehead atoms. The summed E-state index contributed by atoms with van der Waals surface area (Å²) in [4.78, 5) is 12.6. The first-order chi connectivity index (χ1) is 14.3. The van der Waals surface area contributed by atoms with Crippen molar-refractivity contribution in [3.63, 3.8) is 0 Å². The molecule has 156 valence electrons. The van der Waals surface area contributed by atoms with Gasteiger partial charge in [-0.15, -0.1) is 0 Å². The molecule has 0 saturated carbocycles. The van der Waals surface area contributed by atoms with Gasteiger partial charge >= 0.3 is 0 Å². The van der Waals surface area contributed by atoms with Crippen molar-refractivity contribution in [3.05, 3.63) is 89.5 Å². The fourth-order valence-electron chi connectivity index (χ4n) is 2.87. The SMILES string of the molecule is COc1ccc(S(=O)(=O)N(C)Cc2ccc(C(=O)Nc3ccc(C)cc3)cc2)cc1. The first kappa shape index (κ1) is 21.5. The highest BCUT2D eigenvalue weighted by Crippen LogP contribution is 2.20. The lowest BCUT2D eigenvalue weighted by Gasteiger charge is -2.17. The van der Waals surface area contributed by atoms with Gasteiger partial charge in [-0.05, 0) is 61.0 Å². The third-order valence-electron chi connectivity index (χ3n) is 4.70. The van der Waals surface area contributed by atoms with E-state index in [2.05, 4.69) is 5.32 Å². The van der Waals surface area contributed by atoms with E-state index in [-0.39, 0.29) is 17.3 Å². The van der Waals surface area contributed by atoms with Crippen molar-refractivity contribution in [1.82, 2.24) is 4.31 Å². The van der Waals surface area contributed by atoms with Crippen LogP contribution in [0.3, 0.4) is 0 Å². The van der Waals surface area contributed by atoms with Crippen molar-refractivity contribution < 1.29 is 17.9 Å². The molecule has 1 N–H and O–H groups in total. The molecule has 0 aliphatic heterocycles. The number of hydrogen-bond donors (Lipinski definition) is 1. The highest BCUT2D eigenvalue weighted by Gasteiger charge is 2.21. The number of carbonyl (C=O) groups is 1. The van der Waals surface area contributed by atoms with Gasteiger partial charge in [0.2, 0.25) is 10.0 Å². The average molecular weight is 425 g/mol. The number of sulfonamides is 1. The maximum absolute atomic E-state index is 12.8. The Balaban J connectivity index is 1.66. The number of aryl methyl sites for hydroxylation is 1. The van der Waals surface area contributed by atoms with Gasteiger partial charge in [-0.2, -0.15) is 4.31 Å². The molecule has 7 heteroatoms. The van der Waals surface area contributed by atoms with Crippen LogP contribution in [0.4, 0.5) is 5.69 Å². The van der Waals surface area contributed by atoms with Gasteiger partial charge in [0.1, 0.15) is 5.75 Å². The normalized spacial score (nSPS) is 11.3. The molecule has 3 aromatic carbocycles. The van der Waals surface area contributed by atoms with Gasteiger partial charge in [-0.1, -0.05) is 29.8 Å². The van der Waals surface area contributed by atoms with Crippen LogP contribution in [0, 0.1) is 6.92 Å². The number of carbonyl (C=O) groups excluding carboxylic acids is 1. The fraction of sp³-hybridized carbons (Fsp3) is 0.174. The number of benzene rings is 3. The molecule has 0 fully saturated rings. The second-order valence-corrected chi connectivity index (χ2v) is 9.00. The summed E-state index contributed by atoms with van der Waals surface area (Å²) in [6.07, 6.45) is 0. The summed E-state index contributed by atoms with van der Waals surface area (Å²) in [5.74, 6) is 0.376. The van der Waals surface area contributed by atoms with Crippen LogP contribution in [-0.2, 0) is 16.6 Å². The number of methoxy groups -OCH3 is 1. The Bertz CT molecular complexity index is 1110. The van der Waals surface area contributed by atoms with Crippen molar-refractivity contribution in [2.24, 2.45) is 0 Å². The van der Waals surface area contributed by atoms with Gasteiger partial charge in [-0.3, -0.25) is 4.79 Å². The molecule has 0 aromatic heterocycles. The number of amides is 1. The van der Waals surface area contributed by atoms with Gasteiger partial charge in [0, 0.05) is 24.8 Å². The van der Waals surface area contributed by atoms with E-state index >= 15 is 0 Å². The van der Waals surface area contributed by atoms with Crippen LogP contribution in [0.2, 0.25) is 0 Å². The predicted octanol–water partition coefficient (Wildman–Crippen LogP) is 4.08. The Hall–Kier alpha value is -3.16. The molecule has 1 amide bonds. The molecule has 0 atom stereocenters. The molecule has 3 rings (SSSR count). The van der Waals surface area contributed by atoms with Crippen molar-refractivity contribution in [1.29, 1.82) is 0 Å². The zero-order chi connectivity index (χ0) is 21.7. The minimum Gasteiger partial charge on any atom is -0.497 e. The fourth-order valence-corrected chi connectivity index (χ4v) is 4.03. The molecule has 0 aliphatic rings.